The molecule has 2 rings (SSSR count). The van der Waals surface area contributed by atoms with Gasteiger partial charge in [0.05, 0.1) is 17.4 Å². The molecule has 1 fully saturated rings. The van der Waals surface area contributed by atoms with Gasteiger partial charge in [-0.15, -0.1) is 5.10 Å². The van der Waals surface area contributed by atoms with Crippen LogP contribution in [0.2, 0.25) is 0 Å². The summed E-state index contributed by atoms with van der Waals surface area (Å²) in [6.45, 7) is 10.2. The Labute approximate surface area is 101 Å². The zero-order chi connectivity index (χ0) is 12.6. The molecule has 1 aromatic rings. The van der Waals surface area contributed by atoms with Crippen LogP contribution in [0.25, 0.3) is 0 Å². The van der Waals surface area contributed by atoms with Crippen LogP contribution >= 0.6 is 0 Å². The minimum Gasteiger partial charge on any atom is -0.334 e. The molecule has 0 unspecified atom stereocenters. The first-order valence-electron chi connectivity index (χ1n) is 5.86. The number of amides is 1. The van der Waals surface area contributed by atoms with Crippen LogP contribution in [0.3, 0.4) is 0 Å². The van der Waals surface area contributed by atoms with Crippen molar-refractivity contribution >= 4 is 5.91 Å². The maximum atomic E-state index is 11.7. The first kappa shape index (κ1) is 11.8. The van der Waals surface area contributed by atoms with Crippen molar-refractivity contribution in [3.05, 3.63) is 24.0 Å². The number of aryl methyl sites for hydroxylation is 1. The van der Waals surface area contributed by atoms with Crippen molar-refractivity contribution in [1.82, 2.24) is 19.9 Å². The van der Waals surface area contributed by atoms with Crippen molar-refractivity contribution in [3.63, 3.8) is 0 Å². The van der Waals surface area contributed by atoms with Gasteiger partial charge in [0.25, 0.3) is 0 Å². The predicted octanol–water partition coefficient (Wildman–Crippen LogP) is 1.24. The lowest BCUT2D eigenvalue weighted by molar-refractivity contribution is -0.126. The summed E-state index contributed by atoms with van der Waals surface area (Å²) >= 11 is 0. The highest BCUT2D eigenvalue weighted by molar-refractivity contribution is 5.87. The molecule has 0 N–H and O–H groups in total. The number of nitrogens with zero attached hydrogens (tertiary/aromatic N) is 4. The third kappa shape index (κ3) is 1.97. The van der Waals surface area contributed by atoms with E-state index in [4.69, 9.17) is 0 Å². The molecule has 1 saturated heterocycles. The number of hydrogen-bond acceptors (Lipinski definition) is 3. The summed E-state index contributed by atoms with van der Waals surface area (Å²) in [5, 5.41) is 8.22. The second kappa shape index (κ2) is 4.31. The molecule has 0 saturated carbocycles. The molecule has 0 bridgehead atoms. The topological polar surface area (TPSA) is 51.0 Å². The van der Waals surface area contributed by atoms with Gasteiger partial charge in [0.15, 0.2) is 0 Å². The fraction of sp³-hybridized carbons (Fsp3) is 0.583. The molecule has 17 heavy (non-hydrogen) atoms. The van der Waals surface area contributed by atoms with Gasteiger partial charge in [-0.2, -0.15) is 0 Å². The zero-order valence-electron chi connectivity index (χ0n) is 10.6. The van der Waals surface area contributed by atoms with Gasteiger partial charge >= 0.3 is 0 Å². The molecular weight excluding hydrogens is 216 g/mol. The molecule has 2 atom stereocenters. The second-order valence-corrected chi connectivity index (χ2v) is 4.64. The quantitative estimate of drug-likeness (QED) is 0.723. The number of rotatable bonds is 2. The molecule has 0 aromatic carbocycles. The maximum absolute atomic E-state index is 11.7. The zero-order valence-corrected chi connectivity index (χ0v) is 10.6. The molecule has 1 aliphatic heterocycles. The fourth-order valence-corrected chi connectivity index (χ4v) is 2.37. The number of carbonyl (C=O) groups excluding carboxylic acids is 1. The first-order valence-corrected chi connectivity index (χ1v) is 5.86. The van der Waals surface area contributed by atoms with Gasteiger partial charge in [0.2, 0.25) is 5.91 Å². The molecular formula is C12H18N4O. The summed E-state index contributed by atoms with van der Waals surface area (Å²) in [7, 11) is 0. The summed E-state index contributed by atoms with van der Waals surface area (Å²) in [6.07, 6.45) is 2.29. The van der Waals surface area contributed by atoms with E-state index in [1.165, 1.54) is 6.08 Å². The van der Waals surface area contributed by atoms with Crippen LogP contribution in [0.5, 0.6) is 0 Å². The van der Waals surface area contributed by atoms with Crippen molar-refractivity contribution in [2.45, 2.75) is 39.3 Å². The smallest absolute Gasteiger partial charge is 0.246 e. The highest BCUT2D eigenvalue weighted by Gasteiger charge is 2.33. The second-order valence-electron chi connectivity index (χ2n) is 4.64. The summed E-state index contributed by atoms with van der Waals surface area (Å²) in [5.41, 5.74) is 2.03. The highest BCUT2D eigenvalue weighted by Crippen LogP contribution is 2.27. The molecule has 0 aliphatic carbocycles. The van der Waals surface area contributed by atoms with Crippen LogP contribution in [0.4, 0.5) is 0 Å². The first-order chi connectivity index (χ1) is 8.04. The monoisotopic (exact) mass is 234 g/mol. The van der Waals surface area contributed by atoms with E-state index < -0.39 is 0 Å². The van der Waals surface area contributed by atoms with Crippen molar-refractivity contribution in [2.75, 3.05) is 6.54 Å². The molecule has 92 valence electrons. The van der Waals surface area contributed by atoms with Gasteiger partial charge in [0, 0.05) is 12.6 Å². The lowest BCUT2D eigenvalue weighted by Gasteiger charge is -2.19. The Kier molecular flexibility index (Phi) is 3.00. The molecule has 0 spiro atoms. The molecule has 1 aromatic heterocycles. The average Bonchev–Trinajstić information content (AvgIpc) is 2.83. The Bertz CT molecular complexity index is 451. The minimum atomic E-state index is -0.00510. The van der Waals surface area contributed by atoms with Gasteiger partial charge in [0.1, 0.15) is 0 Å². The molecule has 2 heterocycles. The maximum Gasteiger partial charge on any atom is 0.246 e. The molecule has 0 radical (unpaired) electrons. The largest absolute Gasteiger partial charge is 0.334 e. The van der Waals surface area contributed by atoms with Crippen LogP contribution in [-0.4, -0.2) is 38.4 Å². The number of carbonyl (C=O) groups is 1. The summed E-state index contributed by atoms with van der Waals surface area (Å²) in [6, 6.07) is 0.463. The Morgan fingerprint density at radius 3 is 2.76 bits per heavy atom. The molecule has 1 aliphatic rings. The SMILES string of the molecule is C=CC(=O)N1C[C@@H](n2nnc(C)c2C)C[C@@H]1C. The van der Waals surface area contributed by atoms with Crippen LogP contribution in [0.15, 0.2) is 12.7 Å². The van der Waals surface area contributed by atoms with Crippen LogP contribution in [-0.2, 0) is 4.79 Å². The Hall–Kier alpha value is -1.65. The lowest BCUT2D eigenvalue weighted by atomic mass is 10.2. The van der Waals surface area contributed by atoms with Crippen molar-refractivity contribution < 1.29 is 4.79 Å². The van der Waals surface area contributed by atoms with Gasteiger partial charge in [-0.25, -0.2) is 4.68 Å². The summed E-state index contributed by atoms with van der Waals surface area (Å²) < 4.78 is 1.93. The lowest BCUT2D eigenvalue weighted by Crippen LogP contribution is -2.32. The van der Waals surface area contributed by atoms with E-state index in [1.807, 2.05) is 23.4 Å². The third-order valence-electron chi connectivity index (χ3n) is 3.51. The van der Waals surface area contributed by atoms with E-state index in [2.05, 4.69) is 23.8 Å². The van der Waals surface area contributed by atoms with Gasteiger partial charge in [-0.1, -0.05) is 11.8 Å². The average molecular weight is 234 g/mol. The van der Waals surface area contributed by atoms with E-state index in [0.29, 0.717) is 6.54 Å². The number of hydrogen-bond donors (Lipinski definition) is 0. The van der Waals surface area contributed by atoms with E-state index in [0.717, 1.165) is 17.8 Å². The standard InChI is InChI=1S/C12H18N4O/c1-5-12(17)15-7-11(6-8(15)2)16-10(4)9(3)13-14-16/h5,8,11H,1,6-7H2,2-4H3/t8-,11-/m0/s1. The fourth-order valence-electron chi connectivity index (χ4n) is 2.37. The van der Waals surface area contributed by atoms with E-state index in [1.54, 1.807) is 0 Å². The van der Waals surface area contributed by atoms with E-state index in [-0.39, 0.29) is 18.0 Å². The van der Waals surface area contributed by atoms with Crippen molar-refractivity contribution in [1.29, 1.82) is 0 Å². The van der Waals surface area contributed by atoms with Crippen molar-refractivity contribution in [3.8, 4) is 0 Å². The third-order valence-corrected chi connectivity index (χ3v) is 3.51. The van der Waals surface area contributed by atoms with Crippen LogP contribution in [0, 0.1) is 13.8 Å². The van der Waals surface area contributed by atoms with Crippen LogP contribution in [0.1, 0.15) is 30.8 Å². The number of likely N-dealkylation sites (tertiary alicyclic amines) is 1. The van der Waals surface area contributed by atoms with Crippen LogP contribution < -0.4 is 0 Å². The Balaban J connectivity index is 2.19. The van der Waals surface area contributed by atoms with Crippen molar-refractivity contribution in [2.24, 2.45) is 0 Å². The molecule has 5 heteroatoms. The number of aromatic nitrogens is 3. The van der Waals surface area contributed by atoms with E-state index in [9.17, 15) is 4.79 Å². The van der Waals surface area contributed by atoms with Gasteiger partial charge in [-0.05, 0) is 33.3 Å². The molecule has 1 amide bonds. The van der Waals surface area contributed by atoms with Gasteiger partial charge < -0.3 is 4.90 Å². The van der Waals surface area contributed by atoms with Gasteiger partial charge in [-0.3, -0.25) is 4.79 Å². The summed E-state index contributed by atoms with van der Waals surface area (Å²) in [5.74, 6) is -0.00510. The highest BCUT2D eigenvalue weighted by atomic mass is 16.2. The normalized spacial score (nSPS) is 24.1. The Morgan fingerprint density at radius 1 is 1.53 bits per heavy atom. The Morgan fingerprint density at radius 2 is 2.24 bits per heavy atom. The van der Waals surface area contributed by atoms with E-state index >= 15 is 0 Å². The predicted molar refractivity (Wildman–Crippen MR) is 64.5 cm³/mol. The minimum absolute atomic E-state index is 0.00510. The molecule has 5 nitrogen and oxygen atoms in total. The summed E-state index contributed by atoms with van der Waals surface area (Å²) in [4.78, 5) is 13.5.